The summed E-state index contributed by atoms with van der Waals surface area (Å²) in [5.41, 5.74) is -0.172. The average molecular weight is 407 g/mol. The van der Waals surface area contributed by atoms with Crippen LogP contribution in [0.5, 0.6) is 0 Å². The zero-order valence-corrected chi connectivity index (χ0v) is 15.0. The van der Waals surface area contributed by atoms with E-state index in [0.29, 0.717) is 31.2 Å². The van der Waals surface area contributed by atoms with Crippen molar-refractivity contribution in [2.45, 2.75) is 12.7 Å². The molecule has 2 heterocycles. The fourth-order valence-electron chi connectivity index (χ4n) is 2.77. The Kier molecular flexibility index (Phi) is 5.34. The molecule has 1 saturated heterocycles. The van der Waals surface area contributed by atoms with Gasteiger partial charge in [0.15, 0.2) is 5.69 Å². The van der Waals surface area contributed by atoms with Gasteiger partial charge < -0.3 is 9.80 Å². The van der Waals surface area contributed by atoms with Crippen molar-refractivity contribution in [2.75, 3.05) is 31.1 Å². The number of carbonyl (C=O) groups excluding carboxylic acids is 1. The second-order valence-electron chi connectivity index (χ2n) is 5.87. The first-order chi connectivity index (χ1) is 12.2. The third kappa shape index (κ3) is 4.24. The first kappa shape index (κ1) is 18.8. The van der Waals surface area contributed by atoms with Gasteiger partial charge in [-0.15, -0.1) is 0 Å². The van der Waals surface area contributed by atoms with Gasteiger partial charge in [0.1, 0.15) is 6.54 Å². The molecule has 1 amide bonds. The summed E-state index contributed by atoms with van der Waals surface area (Å²) >= 11 is 11.4. The van der Waals surface area contributed by atoms with Crippen LogP contribution < -0.4 is 4.90 Å². The molecule has 1 fully saturated rings. The van der Waals surface area contributed by atoms with Crippen molar-refractivity contribution in [1.29, 1.82) is 0 Å². The highest BCUT2D eigenvalue weighted by Crippen LogP contribution is 2.33. The molecule has 5 nitrogen and oxygen atoms in total. The van der Waals surface area contributed by atoms with E-state index in [1.807, 2.05) is 12.1 Å². The molecule has 0 radical (unpaired) electrons. The lowest BCUT2D eigenvalue weighted by Gasteiger charge is -2.36. The molecule has 26 heavy (non-hydrogen) atoms. The van der Waals surface area contributed by atoms with Gasteiger partial charge in [-0.3, -0.25) is 9.48 Å². The molecule has 1 aromatic carbocycles. The third-order valence-electron chi connectivity index (χ3n) is 4.11. The van der Waals surface area contributed by atoms with Gasteiger partial charge in [0.2, 0.25) is 5.91 Å². The Hall–Kier alpha value is -1.93. The Morgan fingerprint density at radius 1 is 1.08 bits per heavy atom. The number of nitrogens with zero attached hydrogens (tertiary/aromatic N) is 4. The molecule has 0 unspecified atom stereocenters. The fourth-order valence-corrected chi connectivity index (χ4v) is 3.16. The van der Waals surface area contributed by atoms with E-state index in [2.05, 4.69) is 10.00 Å². The number of benzene rings is 1. The lowest BCUT2D eigenvalue weighted by atomic mass is 10.2. The van der Waals surface area contributed by atoms with E-state index in [9.17, 15) is 18.0 Å². The van der Waals surface area contributed by atoms with Crippen molar-refractivity contribution in [3.05, 3.63) is 46.2 Å². The molecule has 3 rings (SSSR count). The van der Waals surface area contributed by atoms with E-state index >= 15 is 0 Å². The number of carbonyl (C=O) groups is 1. The van der Waals surface area contributed by atoms with E-state index in [1.165, 1.54) is 0 Å². The Morgan fingerprint density at radius 2 is 1.69 bits per heavy atom. The van der Waals surface area contributed by atoms with Gasteiger partial charge in [0, 0.05) is 43.1 Å². The highest BCUT2D eigenvalue weighted by Gasteiger charge is 2.37. The van der Waals surface area contributed by atoms with E-state index in [4.69, 9.17) is 23.2 Å². The average Bonchev–Trinajstić information content (AvgIpc) is 2.96. The minimum absolute atomic E-state index is 0.281. The van der Waals surface area contributed by atoms with E-state index in [0.717, 1.165) is 16.6 Å². The largest absolute Gasteiger partial charge is 0.436 e. The summed E-state index contributed by atoms with van der Waals surface area (Å²) in [5.74, 6) is -0.298. The van der Waals surface area contributed by atoms with Crippen molar-refractivity contribution in [3.63, 3.8) is 0 Å². The molecule has 0 spiro atoms. The number of hydrogen-bond donors (Lipinski definition) is 0. The van der Waals surface area contributed by atoms with Gasteiger partial charge in [-0.2, -0.15) is 18.3 Å². The minimum Gasteiger partial charge on any atom is -0.368 e. The summed E-state index contributed by atoms with van der Waals surface area (Å²) in [6.07, 6.45) is -3.62. The normalized spacial score (nSPS) is 15.4. The van der Waals surface area contributed by atoms with Crippen LogP contribution >= 0.6 is 23.2 Å². The van der Waals surface area contributed by atoms with Gasteiger partial charge in [-0.05, 0) is 24.3 Å². The maximum atomic E-state index is 12.7. The maximum absolute atomic E-state index is 12.7. The number of hydrogen-bond acceptors (Lipinski definition) is 3. The first-order valence-electron chi connectivity index (χ1n) is 7.82. The third-order valence-corrected chi connectivity index (χ3v) is 4.64. The molecule has 10 heteroatoms. The molecule has 140 valence electrons. The number of halogens is 5. The molecular formula is C16H15Cl2F3N4O. The van der Waals surface area contributed by atoms with Crippen molar-refractivity contribution >= 4 is 34.8 Å². The summed E-state index contributed by atoms with van der Waals surface area (Å²) in [4.78, 5) is 16.1. The van der Waals surface area contributed by atoms with Crippen LogP contribution in [-0.2, 0) is 17.5 Å². The minimum atomic E-state index is -4.64. The summed E-state index contributed by atoms with van der Waals surface area (Å²) in [7, 11) is 0. The van der Waals surface area contributed by atoms with Crippen LogP contribution in [0.15, 0.2) is 30.5 Å². The summed E-state index contributed by atoms with van der Waals surface area (Å²) in [6, 6.07) is 7.41. The number of alkyl halides is 3. The van der Waals surface area contributed by atoms with Crippen molar-refractivity contribution in [3.8, 4) is 0 Å². The van der Waals surface area contributed by atoms with Crippen LogP contribution in [0.3, 0.4) is 0 Å². The Morgan fingerprint density at radius 3 is 2.23 bits per heavy atom. The van der Waals surface area contributed by atoms with Gasteiger partial charge in [0.25, 0.3) is 0 Å². The van der Waals surface area contributed by atoms with Crippen molar-refractivity contribution in [2.24, 2.45) is 0 Å². The molecule has 1 aliphatic rings. The Balaban J connectivity index is 1.58. The molecule has 0 saturated carbocycles. The van der Waals surface area contributed by atoms with Crippen LogP contribution in [-0.4, -0.2) is 46.8 Å². The second-order valence-corrected chi connectivity index (χ2v) is 6.71. The number of amides is 1. The predicted octanol–water partition coefficient (Wildman–Crippen LogP) is 3.56. The monoisotopic (exact) mass is 406 g/mol. The highest BCUT2D eigenvalue weighted by molar-refractivity contribution is 6.31. The molecule has 0 N–H and O–H groups in total. The van der Waals surface area contributed by atoms with Crippen LogP contribution in [0.1, 0.15) is 5.69 Å². The van der Waals surface area contributed by atoms with Crippen LogP contribution in [0.25, 0.3) is 0 Å². The number of anilines is 1. The van der Waals surface area contributed by atoms with E-state index in [1.54, 1.807) is 17.0 Å². The molecule has 1 aliphatic heterocycles. The lowest BCUT2D eigenvalue weighted by molar-refractivity contribution is -0.142. The van der Waals surface area contributed by atoms with E-state index < -0.39 is 16.9 Å². The SMILES string of the molecule is O=C(Cn1cc(Cl)c(C(F)(F)F)n1)N1CCN(c2ccc(Cl)cc2)CC1. The molecule has 2 aromatic rings. The second kappa shape index (κ2) is 7.36. The summed E-state index contributed by atoms with van der Waals surface area (Å²) in [5, 5.41) is 3.51. The number of aromatic nitrogens is 2. The van der Waals surface area contributed by atoms with Gasteiger partial charge in [-0.1, -0.05) is 23.2 Å². The molecular weight excluding hydrogens is 392 g/mol. The van der Waals surface area contributed by atoms with Gasteiger partial charge in [0.05, 0.1) is 5.02 Å². The quantitative estimate of drug-likeness (QED) is 0.782. The fraction of sp³-hybridized carbons (Fsp3) is 0.375. The van der Waals surface area contributed by atoms with Crippen LogP contribution in [0.4, 0.5) is 18.9 Å². The van der Waals surface area contributed by atoms with Crippen LogP contribution in [0, 0.1) is 0 Å². The lowest BCUT2D eigenvalue weighted by Crippen LogP contribution is -2.49. The smallest absolute Gasteiger partial charge is 0.368 e. The standard InChI is InChI=1S/C16H15Cl2F3N4O/c17-11-1-3-12(4-2-11)23-5-7-24(8-6-23)14(26)10-25-9-13(18)15(22-25)16(19,20)21/h1-4,9H,5-8,10H2. The Labute approximate surface area is 157 Å². The zero-order valence-electron chi connectivity index (χ0n) is 13.5. The van der Waals surface area contributed by atoms with Crippen LogP contribution in [0.2, 0.25) is 10.0 Å². The maximum Gasteiger partial charge on any atom is 0.436 e. The zero-order chi connectivity index (χ0) is 18.9. The number of piperazine rings is 1. The topological polar surface area (TPSA) is 41.4 Å². The van der Waals surface area contributed by atoms with Crippen molar-refractivity contribution < 1.29 is 18.0 Å². The summed E-state index contributed by atoms with van der Waals surface area (Å²) in [6.45, 7) is 1.92. The summed E-state index contributed by atoms with van der Waals surface area (Å²) < 4.78 is 39.1. The molecule has 0 atom stereocenters. The number of rotatable bonds is 3. The predicted molar refractivity (Wildman–Crippen MR) is 92.5 cm³/mol. The van der Waals surface area contributed by atoms with E-state index in [-0.39, 0.29) is 12.5 Å². The Bertz CT molecular complexity index is 784. The molecule has 0 aliphatic carbocycles. The molecule has 0 bridgehead atoms. The first-order valence-corrected chi connectivity index (χ1v) is 8.58. The van der Waals surface area contributed by atoms with Crippen molar-refractivity contribution in [1.82, 2.24) is 14.7 Å². The highest BCUT2D eigenvalue weighted by atomic mass is 35.5. The van der Waals surface area contributed by atoms with Gasteiger partial charge >= 0.3 is 6.18 Å². The van der Waals surface area contributed by atoms with Gasteiger partial charge in [-0.25, -0.2) is 0 Å². The molecule has 1 aromatic heterocycles.